The molecule has 0 atom stereocenters. The van der Waals surface area contributed by atoms with Gasteiger partial charge in [-0.25, -0.2) is 14.6 Å². The Bertz CT molecular complexity index is 490. The Morgan fingerprint density at radius 3 is 2.38 bits per heavy atom. The summed E-state index contributed by atoms with van der Waals surface area (Å²) in [6.45, 7) is 0. The molecule has 0 aliphatic heterocycles. The average Bonchev–Trinajstić information content (AvgIpc) is 2.61. The molecule has 7 nitrogen and oxygen atoms in total. The van der Waals surface area contributed by atoms with Gasteiger partial charge in [-0.2, -0.15) is 0 Å². The van der Waals surface area contributed by atoms with Crippen molar-refractivity contribution in [3.63, 3.8) is 0 Å². The number of carbonyl (C=O) groups excluding carboxylic acids is 1. The van der Waals surface area contributed by atoms with Gasteiger partial charge in [0.2, 0.25) is 0 Å². The van der Waals surface area contributed by atoms with Crippen molar-refractivity contribution in [1.29, 1.82) is 0 Å². The van der Waals surface area contributed by atoms with E-state index in [1.807, 2.05) is 0 Å². The number of thiazole rings is 1. The maximum Gasteiger partial charge on any atom is 0.339 e. The first-order valence-electron chi connectivity index (χ1n) is 3.85. The molecule has 1 heterocycles. The second kappa shape index (κ2) is 4.53. The summed E-state index contributed by atoms with van der Waals surface area (Å²) in [6, 6.07) is 0. The number of hydrogen-bond acceptors (Lipinski definition) is 5. The topological polar surface area (TPSA) is 131 Å². The van der Waals surface area contributed by atoms with Crippen LogP contribution in [0.3, 0.4) is 0 Å². The summed E-state index contributed by atoms with van der Waals surface area (Å²) in [7, 11) is 0. The summed E-state index contributed by atoms with van der Waals surface area (Å²) in [6.07, 6.45) is 1.60. The fraction of sp³-hybridized carbons (Fsp3) is 0. The zero-order valence-corrected chi connectivity index (χ0v) is 8.52. The molecule has 0 unspecified atom stereocenters. The highest BCUT2D eigenvalue weighted by Crippen LogP contribution is 2.21. The molecule has 1 amide bonds. The predicted octanol–water partition coefficient (Wildman–Crippen LogP) is -0.205. The van der Waals surface area contributed by atoms with Gasteiger partial charge in [0.15, 0.2) is 0 Å². The number of aliphatic carboxylic acids is 2. The van der Waals surface area contributed by atoms with E-state index < -0.39 is 23.4 Å². The number of primary amides is 1. The molecule has 1 aromatic heterocycles. The number of nitrogens with zero attached hydrogens (tertiary/aromatic N) is 1. The predicted molar refractivity (Wildman–Crippen MR) is 53.9 cm³/mol. The van der Waals surface area contributed by atoms with E-state index in [1.165, 1.54) is 0 Å². The van der Waals surface area contributed by atoms with Gasteiger partial charge in [-0.1, -0.05) is 0 Å². The van der Waals surface area contributed by atoms with Crippen molar-refractivity contribution in [2.75, 3.05) is 0 Å². The molecule has 0 aliphatic rings. The molecule has 1 aromatic rings. The van der Waals surface area contributed by atoms with Crippen molar-refractivity contribution in [2.24, 2.45) is 5.73 Å². The van der Waals surface area contributed by atoms with Gasteiger partial charge >= 0.3 is 11.9 Å². The molecule has 0 radical (unpaired) electrons. The molecular weight excluding hydrogens is 236 g/mol. The van der Waals surface area contributed by atoms with Crippen LogP contribution in [0.2, 0.25) is 0 Å². The Morgan fingerprint density at radius 1 is 1.38 bits per heavy atom. The molecule has 4 N–H and O–H groups in total. The highest BCUT2D eigenvalue weighted by atomic mass is 32.1. The second-order valence-corrected chi connectivity index (χ2v) is 3.63. The Hall–Kier alpha value is -2.22. The number of aromatic nitrogens is 1. The minimum Gasteiger partial charge on any atom is -0.478 e. The van der Waals surface area contributed by atoms with Gasteiger partial charge in [-0.05, 0) is 0 Å². The van der Waals surface area contributed by atoms with Crippen LogP contribution in [-0.2, 0) is 9.59 Å². The third-order valence-electron chi connectivity index (χ3n) is 1.48. The molecule has 84 valence electrons. The van der Waals surface area contributed by atoms with Crippen molar-refractivity contribution in [2.45, 2.75) is 0 Å². The summed E-state index contributed by atoms with van der Waals surface area (Å²) >= 11 is 0.721. The molecule has 0 fully saturated rings. The third kappa shape index (κ3) is 2.64. The second-order valence-electron chi connectivity index (χ2n) is 2.60. The molecule has 0 spiro atoms. The SMILES string of the molecule is NC(=O)c1cnc(/C(=C\C(=O)O)C(=O)O)s1. The molecule has 0 saturated heterocycles. The number of carboxylic acid groups (broad SMARTS) is 2. The van der Waals surface area contributed by atoms with Crippen molar-refractivity contribution >= 4 is 34.8 Å². The van der Waals surface area contributed by atoms with Crippen molar-refractivity contribution in [1.82, 2.24) is 4.98 Å². The summed E-state index contributed by atoms with van der Waals surface area (Å²) in [5, 5.41) is 17.1. The molecule has 8 heteroatoms. The zero-order chi connectivity index (χ0) is 12.3. The van der Waals surface area contributed by atoms with Crippen LogP contribution in [0.25, 0.3) is 5.57 Å². The summed E-state index contributed by atoms with van der Waals surface area (Å²) in [5.74, 6) is -3.59. The lowest BCUT2D eigenvalue weighted by Gasteiger charge is -1.94. The molecule has 0 bridgehead atoms. The van der Waals surface area contributed by atoms with E-state index in [1.54, 1.807) is 0 Å². The van der Waals surface area contributed by atoms with Gasteiger partial charge in [0.25, 0.3) is 5.91 Å². The van der Waals surface area contributed by atoms with E-state index in [2.05, 4.69) is 4.98 Å². The maximum atomic E-state index is 10.7. The molecule has 16 heavy (non-hydrogen) atoms. The number of carboxylic acids is 2. The average molecular weight is 242 g/mol. The normalized spacial score (nSPS) is 11.1. The van der Waals surface area contributed by atoms with Crippen LogP contribution in [0.1, 0.15) is 14.7 Å². The van der Waals surface area contributed by atoms with Crippen LogP contribution >= 0.6 is 11.3 Å². The van der Waals surface area contributed by atoms with Gasteiger partial charge in [-0.15, -0.1) is 11.3 Å². The number of carbonyl (C=O) groups is 3. The quantitative estimate of drug-likeness (QED) is 0.626. The Labute approximate surface area is 92.8 Å². The van der Waals surface area contributed by atoms with Crippen LogP contribution in [-0.4, -0.2) is 33.0 Å². The van der Waals surface area contributed by atoms with Crippen LogP contribution in [0, 0.1) is 0 Å². The van der Waals surface area contributed by atoms with Crippen LogP contribution in [0.5, 0.6) is 0 Å². The standard InChI is InChI=1S/C8H6N2O5S/c9-6(13)4-2-10-7(16-4)3(8(14)15)1-5(11)12/h1-2H,(H2,9,13)(H,11,12)(H,14,15)/b3-1+. The van der Waals surface area contributed by atoms with E-state index in [-0.39, 0.29) is 9.88 Å². The highest BCUT2D eigenvalue weighted by molar-refractivity contribution is 7.15. The third-order valence-corrected chi connectivity index (χ3v) is 2.52. The fourth-order valence-corrected chi connectivity index (χ4v) is 1.63. The van der Waals surface area contributed by atoms with Crippen molar-refractivity contribution in [3.05, 3.63) is 22.2 Å². The highest BCUT2D eigenvalue weighted by Gasteiger charge is 2.17. The van der Waals surface area contributed by atoms with Gasteiger partial charge in [0.05, 0.1) is 6.20 Å². The first-order valence-corrected chi connectivity index (χ1v) is 4.67. The van der Waals surface area contributed by atoms with Crippen LogP contribution < -0.4 is 5.73 Å². The van der Waals surface area contributed by atoms with Gasteiger partial charge in [0.1, 0.15) is 15.5 Å². The van der Waals surface area contributed by atoms with Gasteiger partial charge in [0, 0.05) is 6.08 Å². The summed E-state index contributed by atoms with van der Waals surface area (Å²) in [5.41, 5.74) is 4.46. The lowest BCUT2D eigenvalue weighted by Crippen LogP contribution is -2.08. The Balaban J connectivity index is 3.17. The van der Waals surface area contributed by atoms with Crippen molar-refractivity contribution < 1.29 is 24.6 Å². The van der Waals surface area contributed by atoms with E-state index in [0.717, 1.165) is 17.5 Å². The minimum atomic E-state index is -1.44. The van der Waals surface area contributed by atoms with Crippen LogP contribution in [0.4, 0.5) is 0 Å². The number of hydrogen-bond donors (Lipinski definition) is 3. The minimum absolute atomic E-state index is 0.0625. The number of nitrogens with two attached hydrogens (primary N) is 1. The van der Waals surface area contributed by atoms with E-state index in [4.69, 9.17) is 15.9 Å². The Morgan fingerprint density at radius 2 is 2.00 bits per heavy atom. The summed E-state index contributed by atoms with van der Waals surface area (Å²) in [4.78, 5) is 35.5. The van der Waals surface area contributed by atoms with Gasteiger partial charge in [-0.3, -0.25) is 4.79 Å². The molecule has 0 saturated carbocycles. The molecule has 1 rings (SSSR count). The van der Waals surface area contributed by atoms with E-state index >= 15 is 0 Å². The van der Waals surface area contributed by atoms with E-state index in [0.29, 0.717) is 6.08 Å². The monoisotopic (exact) mass is 242 g/mol. The zero-order valence-electron chi connectivity index (χ0n) is 7.71. The lowest BCUT2D eigenvalue weighted by atomic mass is 10.2. The Kier molecular flexibility index (Phi) is 3.36. The van der Waals surface area contributed by atoms with E-state index in [9.17, 15) is 14.4 Å². The first-order chi connectivity index (χ1) is 7.41. The molecule has 0 aliphatic carbocycles. The lowest BCUT2D eigenvalue weighted by molar-refractivity contribution is -0.133. The smallest absolute Gasteiger partial charge is 0.339 e. The molecule has 0 aromatic carbocycles. The van der Waals surface area contributed by atoms with Crippen molar-refractivity contribution in [3.8, 4) is 0 Å². The molecular formula is C8H6N2O5S. The first kappa shape index (κ1) is 11.9. The summed E-state index contributed by atoms with van der Waals surface area (Å²) < 4.78 is 0. The largest absolute Gasteiger partial charge is 0.478 e. The van der Waals surface area contributed by atoms with Crippen LogP contribution in [0.15, 0.2) is 12.3 Å². The number of rotatable bonds is 4. The fourth-order valence-electron chi connectivity index (χ4n) is 0.851. The maximum absolute atomic E-state index is 10.7. The number of amides is 1. The van der Waals surface area contributed by atoms with Gasteiger partial charge < -0.3 is 15.9 Å².